The van der Waals surface area contributed by atoms with Gasteiger partial charge in [-0.05, 0) is 30.9 Å². The second-order valence-electron chi connectivity index (χ2n) is 5.50. The van der Waals surface area contributed by atoms with Gasteiger partial charge in [-0.2, -0.15) is 0 Å². The van der Waals surface area contributed by atoms with Crippen LogP contribution in [0.2, 0.25) is 0 Å². The fraction of sp³-hybridized carbons (Fsp3) is 0.471. The topological polar surface area (TPSA) is 41.6 Å². The van der Waals surface area contributed by atoms with Crippen molar-refractivity contribution in [2.75, 3.05) is 26.3 Å². The number of carbonyl (C=O) groups excluding carboxylic acids is 1. The molecule has 1 atom stereocenters. The maximum atomic E-state index is 12.2. The van der Waals surface area contributed by atoms with E-state index in [0.29, 0.717) is 32.2 Å². The summed E-state index contributed by atoms with van der Waals surface area (Å²) in [5.74, 6) is 6.66. The lowest BCUT2D eigenvalue weighted by atomic mass is 10.1. The third-order valence-electron chi connectivity index (χ3n) is 3.93. The fourth-order valence-corrected chi connectivity index (χ4v) is 2.64. The second-order valence-corrected chi connectivity index (χ2v) is 5.50. The number of urea groups is 1. The molecule has 1 aliphatic carbocycles. The molecule has 1 saturated carbocycles. The Morgan fingerprint density at radius 2 is 2.14 bits per heavy atom. The quantitative estimate of drug-likeness (QED) is 0.842. The molecule has 0 bridgehead atoms. The van der Waals surface area contributed by atoms with Gasteiger partial charge < -0.3 is 15.0 Å². The lowest BCUT2D eigenvalue weighted by molar-refractivity contribution is 0.00494. The number of nitrogens with zero attached hydrogens (tertiary/aromatic N) is 1. The molecule has 4 nitrogen and oxygen atoms in total. The van der Waals surface area contributed by atoms with E-state index in [2.05, 4.69) is 17.2 Å². The van der Waals surface area contributed by atoms with Crippen molar-refractivity contribution in [3.05, 3.63) is 35.9 Å². The first-order valence-corrected chi connectivity index (χ1v) is 7.51. The minimum Gasteiger partial charge on any atom is -0.377 e. The molecular formula is C17H20N2O2. The number of ether oxygens (including phenoxy) is 1. The van der Waals surface area contributed by atoms with Gasteiger partial charge in [0.15, 0.2) is 0 Å². The predicted molar refractivity (Wildman–Crippen MR) is 80.8 cm³/mol. The van der Waals surface area contributed by atoms with Crippen LogP contribution in [-0.4, -0.2) is 43.3 Å². The van der Waals surface area contributed by atoms with Gasteiger partial charge in [0.05, 0.1) is 25.8 Å². The Balaban J connectivity index is 1.50. The van der Waals surface area contributed by atoms with Gasteiger partial charge in [-0.15, -0.1) is 0 Å². The zero-order chi connectivity index (χ0) is 14.5. The van der Waals surface area contributed by atoms with Crippen LogP contribution in [0, 0.1) is 17.8 Å². The lowest BCUT2D eigenvalue weighted by Crippen LogP contribution is -2.53. The minimum atomic E-state index is -0.0161. The van der Waals surface area contributed by atoms with Crippen molar-refractivity contribution in [2.45, 2.75) is 18.9 Å². The van der Waals surface area contributed by atoms with Crippen molar-refractivity contribution in [3.63, 3.8) is 0 Å². The summed E-state index contributed by atoms with van der Waals surface area (Å²) in [6.45, 7) is 2.36. The van der Waals surface area contributed by atoms with Crippen molar-refractivity contribution in [2.24, 2.45) is 5.92 Å². The SMILES string of the molecule is O=C(NCC#Cc1ccccc1)N1CCOC[C@@H]1C1CC1. The standard InChI is InChI=1S/C17H20N2O2/c20-17(18-10-4-7-14-5-2-1-3-6-14)19-11-12-21-13-16(19)15-8-9-15/h1-3,5-6,15-16H,8-13H2,(H,18,20)/t16-/m1/s1. The maximum Gasteiger partial charge on any atom is 0.318 e. The molecule has 3 rings (SSSR count). The van der Waals surface area contributed by atoms with Crippen molar-refractivity contribution >= 4 is 6.03 Å². The smallest absolute Gasteiger partial charge is 0.318 e. The van der Waals surface area contributed by atoms with E-state index in [1.54, 1.807) is 0 Å². The van der Waals surface area contributed by atoms with E-state index >= 15 is 0 Å². The third kappa shape index (κ3) is 3.77. The maximum absolute atomic E-state index is 12.2. The number of benzene rings is 1. The van der Waals surface area contributed by atoms with E-state index in [1.165, 1.54) is 12.8 Å². The summed E-state index contributed by atoms with van der Waals surface area (Å²) in [6, 6.07) is 10.0. The molecule has 0 aromatic heterocycles. The molecule has 2 amide bonds. The highest BCUT2D eigenvalue weighted by atomic mass is 16.5. The van der Waals surface area contributed by atoms with Crippen LogP contribution in [0.3, 0.4) is 0 Å². The Hall–Kier alpha value is -1.99. The van der Waals surface area contributed by atoms with E-state index in [9.17, 15) is 4.79 Å². The molecule has 2 fully saturated rings. The average Bonchev–Trinajstić information content (AvgIpc) is 3.37. The summed E-state index contributed by atoms with van der Waals surface area (Å²) in [5.41, 5.74) is 0.967. The summed E-state index contributed by atoms with van der Waals surface area (Å²) in [7, 11) is 0. The van der Waals surface area contributed by atoms with Crippen LogP contribution < -0.4 is 5.32 Å². The molecule has 1 saturated heterocycles. The van der Waals surface area contributed by atoms with E-state index in [1.807, 2.05) is 35.2 Å². The number of hydrogen-bond donors (Lipinski definition) is 1. The van der Waals surface area contributed by atoms with Crippen molar-refractivity contribution in [1.29, 1.82) is 0 Å². The Bertz CT molecular complexity index is 543. The van der Waals surface area contributed by atoms with Gasteiger partial charge in [-0.3, -0.25) is 0 Å². The summed E-state index contributed by atoms with van der Waals surface area (Å²) >= 11 is 0. The first-order chi connectivity index (χ1) is 10.3. The van der Waals surface area contributed by atoms with Gasteiger partial charge in [0.25, 0.3) is 0 Å². The molecule has 2 aliphatic rings. The highest BCUT2D eigenvalue weighted by Crippen LogP contribution is 2.36. The molecule has 1 aromatic carbocycles. The van der Waals surface area contributed by atoms with Crippen LogP contribution in [0.4, 0.5) is 4.79 Å². The largest absolute Gasteiger partial charge is 0.377 e. The number of rotatable bonds is 2. The predicted octanol–water partition coefficient (Wildman–Crippen LogP) is 1.86. The van der Waals surface area contributed by atoms with E-state index in [4.69, 9.17) is 4.74 Å². The zero-order valence-electron chi connectivity index (χ0n) is 12.0. The van der Waals surface area contributed by atoms with Gasteiger partial charge in [0.1, 0.15) is 0 Å². The van der Waals surface area contributed by atoms with Crippen LogP contribution in [0.5, 0.6) is 0 Å². The molecule has 4 heteroatoms. The monoisotopic (exact) mass is 284 g/mol. The minimum absolute atomic E-state index is 0.0161. The molecule has 110 valence electrons. The molecule has 0 unspecified atom stereocenters. The highest BCUT2D eigenvalue weighted by molar-refractivity contribution is 5.75. The Morgan fingerprint density at radius 1 is 1.33 bits per heavy atom. The molecular weight excluding hydrogens is 264 g/mol. The van der Waals surface area contributed by atoms with Crippen molar-refractivity contribution in [1.82, 2.24) is 10.2 Å². The van der Waals surface area contributed by atoms with Gasteiger partial charge in [-0.25, -0.2) is 4.79 Å². The number of hydrogen-bond acceptors (Lipinski definition) is 2. The summed E-state index contributed by atoms with van der Waals surface area (Å²) < 4.78 is 5.50. The molecule has 1 aromatic rings. The molecule has 21 heavy (non-hydrogen) atoms. The molecule has 1 aliphatic heterocycles. The number of morpholine rings is 1. The van der Waals surface area contributed by atoms with Gasteiger partial charge in [0, 0.05) is 12.1 Å². The second kappa shape index (κ2) is 6.64. The average molecular weight is 284 g/mol. The van der Waals surface area contributed by atoms with Crippen LogP contribution in [0.25, 0.3) is 0 Å². The first kappa shape index (κ1) is 14.0. The Morgan fingerprint density at radius 3 is 2.90 bits per heavy atom. The van der Waals surface area contributed by atoms with Crippen LogP contribution in [-0.2, 0) is 4.74 Å². The molecule has 0 spiro atoms. The zero-order valence-corrected chi connectivity index (χ0v) is 12.0. The molecule has 1 heterocycles. The summed E-state index contributed by atoms with van der Waals surface area (Å²) in [6.07, 6.45) is 2.43. The van der Waals surface area contributed by atoms with Gasteiger partial charge in [-0.1, -0.05) is 30.0 Å². The summed E-state index contributed by atoms with van der Waals surface area (Å²) in [4.78, 5) is 14.2. The van der Waals surface area contributed by atoms with E-state index in [-0.39, 0.29) is 12.1 Å². The van der Waals surface area contributed by atoms with Gasteiger partial charge >= 0.3 is 6.03 Å². The third-order valence-corrected chi connectivity index (χ3v) is 3.93. The first-order valence-electron chi connectivity index (χ1n) is 7.51. The van der Waals surface area contributed by atoms with E-state index < -0.39 is 0 Å². The summed E-state index contributed by atoms with van der Waals surface area (Å²) in [5, 5.41) is 2.89. The van der Waals surface area contributed by atoms with Crippen LogP contribution in [0.15, 0.2) is 30.3 Å². The lowest BCUT2D eigenvalue weighted by Gasteiger charge is -2.35. The number of amides is 2. The van der Waals surface area contributed by atoms with Gasteiger partial charge in [0.2, 0.25) is 0 Å². The van der Waals surface area contributed by atoms with Crippen LogP contribution >= 0.6 is 0 Å². The fourth-order valence-electron chi connectivity index (χ4n) is 2.64. The molecule has 0 radical (unpaired) electrons. The number of nitrogens with one attached hydrogen (secondary N) is 1. The number of carbonyl (C=O) groups is 1. The normalized spacial score (nSPS) is 21.3. The van der Waals surface area contributed by atoms with E-state index in [0.717, 1.165) is 5.56 Å². The molecule has 1 N–H and O–H groups in total. The Labute approximate surface area is 125 Å². The Kier molecular flexibility index (Phi) is 4.42. The van der Waals surface area contributed by atoms with Crippen LogP contribution in [0.1, 0.15) is 18.4 Å². The van der Waals surface area contributed by atoms with Crippen molar-refractivity contribution in [3.8, 4) is 11.8 Å². The van der Waals surface area contributed by atoms with Crippen molar-refractivity contribution < 1.29 is 9.53 Å². The highest BCUT2D eigenvalue weighted by Gasteiger charge is 2.39.